The number of amides is 1. The van der Waals surface area contributed by atoms with Crippen LogP contribution in [0.1, 0.15) is 53.8 Å². The van der Waals surface area contributed by atoms with Crippen molar-refractivity contribution in [1.29, 1.82) is 0 Å². The molecule has 1 aliphatic heterocycles. The second-order valence-electron chi connectivity index (χ2n) is 6.52. The number of carbonyl (C=O) groups is 1. The smallest absolute Gasteiger partial charge is 0.267 e. The molecule has 6 nitrogen and oxygen atoms in total. The molecule has 3 heterocycles. The number of hydrogen-bond donors (Lipinski definition) is 0. The fraction of sp³-hybridized carbons (Fsp3) is 0.625. The summed E-state index contributed by atoms with van der Waals surface area (Å²) in [6.07, 6.45) is 6.02. The lowest BCUT2D eigenvalue weighted by Crippen LogP contribution is -2.39. The Morgan fingerprint density at radius 2 is 2.13 bits per heavy atom. The number of nitrogens with zero attached hydrogens (tertiary/aromatic N) is 5. The minimum atomic E-state index is 0.0847. The van der Waals surface area contributed by atoms with E-state index >= 15 is 0 Å². The van der Waals surface area contributed by atoms with Gasteiger partial charge in [0, 0.05) is 37.9 Å². The summed E-state index contributed by atoms with van der Waals surface area (Å²) in [4.78, 5) is 19.6. The van der Waals surface area contributed by atoms with Gasteiger partial charge < -0.3 is 9.47 Å². The molecule has 1 amide bonds. The Kier molecular flexibility index (Phi) is 4.75. The Morgan fingerprint density at radius 3 is 2.74 bits per heavy atom. The molecular formula is C16H23N5OS. The van der Waals surface area contributed by atoms with Crippen LogP contribution in [0.2, 0.25) is 0 Å². The lowest BCUT2D eigenvalue weighted by atomic mass is 9.96. The van der Waals surface area contributed by atoms with Gasteiger partial charge in [0.25, 0.3) is 5.91 Å². The molecular weight excluding hydrogens is 310 g/mol. The van der Waals surface area contributed by atoms with E-state index < -0.39 is 0 Å². The Balaban J connectivity index is 1.57. The molecule has 1 fully saturated rings. The van der Waals surface area contributed by atoms with Gasteiger partial charge in [-0.15, -0.1) is 5.10 Å². The summed E-state index contributed by atoms with van der Waals surface area (Å²) >= 11 is 1.20. The van der Waals surface area contributed by atoms with Crippen LogP contribution in [-0.4, -0.2) is 43.0 Å². The van der Waals surface area contributed by atoms with Gasteiger partial charge in [-0.2, -0.15) is 0 Å². The minimum Gasteiger partial charge on any atom is -0.338 e. The van der Waals surface area contributed by atoms with Gasteiger partial charge in [0.05, 0.1) is 5.69 Å². The summed E-state index contributed by atoms with van der Waals surface area (Å²) in [6, 6.07) is 0. The summed E-state index contributed by atoms with van der Waals surface area (Å²) in [7, 11) is 0. The average Bonchev–Trinajstić information content (AvgIpc) is 3.16. The van der Waals surface area contributed by atoms with Crippen molar-refractivity contribution in [3.05, 3.63) is 28.8 Å². The van der Waals surface area contributed by atoms with Crippen molar-refractivity contribution in [2.45, 2.75) is 46.1 Å². The normalized spacial score (nSPS) is 16.3. The molecule has 2 aromatic rings. The van der Waals surface area contributed by atoms with Gasteiger partial charge in [0.2, 0.25) is 0 Å². The van der Waals surface area contributed by atoms with Crippen molar-refractivity contribution in [1.82, 2.24) is 24.0 Å². The number of imidazole rings is 1. The minimum absolute atomic E-state index is 0.0847. The highest BCUT2D eigenvalue weighted by Gasteiger charge is 2.26. The molecule has 0 aromatic carbocycles. The maximum atomic E-state index is 12.5. The predicted octanol–water partition coefficient (Wildman–Crippen LogP) is 2.72. The molecule has 0 radical (unpaired) electrons. The van der Waals surface area contributed by atoms with Crippen molar-refractivity contribution < 1.29 is 4.79 Å². The van der Waals surface area contributed by atoms with E-state index in [2.05, 4.69) is 39.2 Å². The highest BCUT2D eigenvalue weighted by Crippen LogP contribution is 2.23. The quantitative estimate of drug-likeness (QED) is 0.863. The Labute approximate surface area is 140 Å². The van der Waals surface area contributed by atoms with Crippen LogP contribution >= 0.6 is 11.5 Å². The summed E-state index contributed by atoms with van der Waals surface area (Å²) in [5, 5.41) is 3.93. The molecule has 23 heavy (non-hydrogen) atoms. The summed E-state index contributed by atoms with van der Waals surface area (Å²) in [5.74, 6) is 2.27. The molecule has 7 heteroatoms. The van der Waals surface area contributed by atoms with Gasteiger partial charge in [-0.3, -0.25) is 4.79 Å². The highest BCUT2D eigenvalue weighted by molar-refractivity contribution is 7.07. The van der Waals surface area contributed by atoms with E-state index in [0.717, 1.165) is 44.0 Å². The van der Waals surface area contributed by atoms with E-state index in [0.29, 0.717) is 16.7 Å². The van der Waals surface area contributed by atoms with Gasteiger partial charge in [0.1, 0.15) is 10.7 Å². The number of likely N-dealkylation sites (tertiary alicyclic amines) is 1. The standard InChI is InChI=1S/C16H23N5OS/c1-11(2)15-17-6-9-21(15)10-13-4-7-20(8-5-13)16(22)14-12(3)18-19-23-14/h6,9,11,13H,4-5,7-8,10H2,1-3H3. The van der Waals surface area contributed by atoms with Crippen LogP contribution in [-0.2, 0) is 6.54 Å². The number of hydrogen-bond acceptors (Lipinski definition) is 5. The monoisotopic (exact) mass is 333 g/mol. The van der Waals surface area contributed by atoms with Crippen LogP contribution in [0, 0.1) is 12.8 Å². The highest BCUT2D eigenvalue weighted by atomic mass is 32.1. The molecule has 0 N–H and O–H groups in total. The maximum Gasteiger partial charge on any atom is 0.267 e. The van der Waals surface area contributed by atoms with Crippen molar-refractivity contribution in [3.8, 4) is 0 Å². The van der Waals surface area contributed by atoms with Gasteiger partial charge in [0.15, 0.2) is 0 Å². The molecule has 2 aromatic heterocycles. The summed E-state index contributed by atoms with van der Waals surface area (Å²) < 4.78 is 6.13. The van der Waals surface area contributed by atoms with E-state index in [-0.39, 0.29) is 5.91 Å². The Morgan fingerprint density at radius 1 is 1.39 bits per heavy atom. The second-order valence-corrected chi connectivity index (χ2v) is 7.27. The predicted molar refractivity (Wildman–Crippen MR) is 89.6 cm³/mol. The van der Waals surface area contributed by atoms with E-state index in [1.165, 1.54) is 11.5 Å². The summed E-state index contributed by atoms with van der Waals surface area (Å²) in [5.41, 5.74) is 0.738. The summed E-state index contributed by atoms with van der Waals surface area (Å²) in [6.45, 7) is 8.81. The van der Waals surface area contributed by atoms with Crippen LogP contribution in [0.15, 0.2) is 12.4 Å². The molecule has 1 saturated heterocycles. The molecule has 0 atom stereocenters. The molecule has 0 saturated carbocycles. The van der Waals surface area contributed by atoms with Crippen LogP contribution in [0.4, 0.5) is 0 Å². The number of carbonyl (C=O) groups excluding carboxylic acids is 1. The first-order chi connectivity index (χ1) is 11.1. The second kappa shape index (κ2) is 6.78. The first-order valence-corrected chi connectivity index (χ1v) is 8.93. The number of aryl methyl sites for hydroxylation is 1. The zero-order valence-corrected chi connectivity index (χ0v) is 14.7. The van der Waals surface area contributed by atoms with Gasteiger partial charge in [-0.1, -0.05) is 18.3 Å². The van der Waals surface area contributed by atoms with E-state index in [1.54, 1.807) is 0 Å². The molecule has 3 rings (SSSR count). The fourth-order valence-electron chi connectivity index (χ4n) is 3.14. The van der Waals surface area contributed by atoms with Crippen LogP contribution in [0.5, 0.6) is 0 Å². The number of piperidine rings is 1. The Hall–Kier alpha value is -1.76. The molecule has 0 unspecified atom stereocenters. The van der Waals surface area contributed by atoms with Crippen molar-refractivity contribution in [2.75, 3.05) is 13.1 Å². The fourth-order valence-corrected chi connectivity index (χ4v) is 3.77. The number of aromatic nitrogens is 4. The van der Waals surface area contributed by atoms with Gasteiger partial charge >= 0.3 is 0 Å². The van der Waals surface area contributed by atoms with Crippen molar-refractivity contribution in [3.63, 3.8) is 0 Å². The largest absolute Gasteiger partial charge is 0.338 e. The van der Waals surface area contributed by atoms with Crippen molar-refractivity contribution in [2.24, 2.45) is 5.92 Å². The van der Waals surface area contributed by atoms with Crippen molar-refractivity contribution >= 4 is 17.4 Å². The third-order valence-electron chi connectivity index (χ3n) is 4.47. The Bertz CT molecular complexity index is 670. The first kappa shape index (κ1) is 16.1. The topological polar surface area (TPSA) is 63.9 Å². The lowest BCUT2D eigenvalue weighted by Gasteiger charge is -2.32. The van der Waals surface area contributed by atoms with E-state index in [9.17, 15) is 4.79 Å². The zero-order chi connectivity index (χ0) is 16.4. The third-order valence-corrected chi connectivity index (χ3v) is 5.28. The van der Waals surface area contributed by atoms with Crippen LogP contribution < -0.4 is 0 Å². The maximum absolute atomic E-state index is 12.5. The third kappa shape index (κ3) is 3.44. The van der Waals surface area contributed by atoms with E-state index in [1.807, 2.05) is 18.0 Å². The van der Waals surface area contributed by atoms with Gasteiger partial charge in [-0.05, 0) is 37.2 Å². The molecule has 0 spiro atoms. The van der Waals surface area contributed by atoms with Gasteiger partial charge in [-0.25, -0.2) is 4.98 Å². The zero-order valence-electron chi connectivity index (χ0n) is 13.9. The average molecular weight is 333 g/mol. The first-order valence-electron chi connectivity index (χ1n) is 8.15. The molecule has 124 valence electrons. The molecule has 0 bridgehead atoms. The lowest BCUT2D eigenvalue weighted by molar-refractivity contribution is 0.0686. The van der Waals surface area contributed by atoms with Crippen LogP contribution in [0.3, 0.4) is 0 Å². The molecule has 1 aliphatic rings. The van der Waals surface area contributed by atoms with E-state index in [4.69, 9.17) is 0 Å². The van der Waals surface area contributed by atoms with Crippen LogP contribution in [0.25, 0.3) is 0 Å². The number of rotatable bonds is 4. The molecule has 0 aliphatic carbocycles. The SMILES string of the molecule is Cc1nnsc1C(=O)N1CCC(Cn2ccnc2C(C)C)CC1.